The first-order valence-corrected chi connectivity index (χ1v) is 9.55. The van der Waals surface area contributed by atoms with Gasteiger partial charge in [-0.05, 0) is 52.0 Å². The molecule has 156 valence electrons. The van der Waals surface area contributed by atoms with E-state index in [1.807, 2.05) is 0 Å². The number of halogens is 1. The van der Waals surface area contributed by atoms with E-state index in [0.717, 1.165) is 0 Å². The van der Waals surface area contributed by atoms with Crippen molar-refractivity contribution in [3.05, 3.63) is 51.8 Å². The summed E-state index contributed by atoms with van der Waals surface area (Å²) in [5.41, 5.74) is 1.62. The first-order valence-electron chi connectivity index (χ1n) is 9.17. The molecular weight excluding hydrogens is 398 g/mol. The van der Waals surface area contributed by atoms with Crippen molar-refractivity contribution >= 4 is 35.2 Å². The summed E-state index contributed by atoms with van der Waals surface area (Å²) in [5, 5.41) is 0.540. The van der Waals surface area contributed by atoms with Gasteiger partial charge in [-0.2, -0.15) is 0 Å². The fourth-order valence-electron chi connectivity index (χ4n) is 3.33. The number of carbonyl (C=O) groups is 3. The van der Waals surface area contributed by atoms with E-state index in [9.17, 15) is 14.4 Å². The van der Waals surface area contributed by atoms with Crippen molar-refractivity contribution in [3.63, 3.8) is 0 Å². The molecule has 0 saturated carbocycles. The monoisotopic (exact) mass is 421 g/mol. The van der Waals surface area contributed by atoms with Gasteiger partial charge in [0.15, 0.2) is 0 Å². The fourth-order valence-corrected chi connectivity index (χ4v) is 3.46. The second-order valence-corrected chi connectivity index (χ2v) is 6.64. The number of benzene rings is 1. The van der Waals surface area contributed by atoms with Gasteiger partial charge in [0.25, 0.3) is 0 Å². The summed E-state index contributed by atoms with van der Waals surface area (Å²) >= 11 is 6.00. The SMILES string of the molecule is CCOC(=O)C1=C(C)N(c2ccc(Cl)cc2)C(C)=C(C(=O)OCC)C1C(=O)OC. The summed E-state index contributed by atoms with van der Waals surface area (Å²) in [5.74, 6) is -3.39. The smallest absolute Gasteiger partial charge is 0.337 e. The maximum absolute atomic E-state index is 12.8. The highest BCUT2D eigenvalue weighted by Crippen LogP contribution is 2.40. The van der Waals surface area contributed by atoms with E-state index in [4.69, 9.17) is 25.8 Å². The van der Waals surface area contributed by atoms with Gasteiger partial charge < -0.3 is 19.1 Å². The number of rotatable bonds is 6. The second-order valence-electron chi connectivity index (χ2n) is 6.21. The minimum atomic E-state index is -1.25. The third kappa shape index (κ3) is 4.45. The van der Waals surface area contributed by atoms with Gasteiger partial charge in [0.05, 0.1) is 31.5 Å². The van der Waals surface area contributed by atoms with Crippen LogP contribution in [0.3, 0.4) is 0 Å². The molecular formula is C21H24ClNO6. The highest BCUT2D eigenvalue weighted by Gasteiger charge is 2.44. The fraction of sp³-hybridized carbons (Fsp3) is 0.381. The molecule has 1 aliphatic heterocycles. The number of anilines is 1. The Kier molecular flexibility index (Phi) is 7.45. The number of nitrogens with zero attached hydrogens (tertiary/aromatic N) is 1. The number of hydrogen-bond donors (Lipinski definition) is 0. The summed E-state index contributed by atoms with van der Waals surface area (Å²) in [6.07, 6.45) is 0. The van der Waals surface area contributed by atoms with Crippen LogP contribution in [0.5, 0.6) is 0 Å². The molecule has 0 saturated heterocycles. The highest BCUT2D eigenvalue weighted by atomic mass is 35.5. The maximum Gasteiger partial charge on any atom is 0.337 e. The average molecular weight is 422 g/mol. The summed E-state index contributed by atoms with van der Waals surface area (Å²) in [6, 6.07) is 6.88. The van der Waals surface area contributed by atoms with Crippen molar-refractivity contribution in [2.75, 3.05) is 25.2 Å². The van der Waals surface area contributed by atoms with Crippen LogP contribution in [0.15, 0.2) is 46.8 Å². The zero-order valence-electron chi connectivity index (χ0n) is 17.1. The average Bonchev–Trinajstić information content (AvgIpc) is 2.68. The lowest BCUT2D eigenvalue weighted by molar-refractivity contribution is -0.149. The molecule has 0 bridgehead atoms. The first kappa shape index (κ1) is 22.5. The highest BCUT2D eigenvalue weighted by molar-refractivity contribution is 6.30. The van der Waals surface area contributed by atoms with Crippen molar-refractivity contribution in [1.29, 1.82) is 0 Å². The van der Waals surface area contributed by atoms with Crippen LogP contribution < -0.4 is 4.90 Å². The molecule has 0 aromatic heterocycles. The lowest BCUT2D eigenvalue weighted by Gasteiger charge is -2.36. The Hall–Kier alpha value is -2.80. The summed E-state index contributed by atoms with van der Waals surface area (Å²) in [4.78, 5) is 39.9. The third-order valence-electron chi connectivity index (χ3n) is 4.54. The van der Waals surface area contributed by atoms with E-state index in [0.29, 0.717) is 22.1 Å². The lowest BCUT2D eigenvalue weighted by Crippen LogP contribution is -2.40. The van der Waals surface area contributed by atoms with Gasteiger partial charge in [0, 0.05) is 22.1 Å². The number of ether oxygens (including phenoxy) is 3. The van der Waals surface area contributed by atoms with Gasteiger partial charge >= 0.3 is 17.9 Å². The molecule has 7 nitrogen and oxygen atoms in total. The molecule has 0 radical (unpaired) electrons. The molecule has 0 amide bonds. The van der Waals surface area contributed by atoms with Crippen molar-refractivity contribution in [2.24, 2.45) is 5.92 Å². The molecule has 1 aromatic carbocycles. The Morgan fingerprint density at radius 2 is 1.38 bits per heavy atom. The standard InChI is InChI=1S/C21H24ClNO6/c1-6-28-20(25)16-12(3)23(15-10-8-14(22)9-11-15)13(4)17(21(26)29-7-2)18(16)19(24)27-5/h8-11,18H,6-7H2,1-5H3. The topological polar surface area (TPSA) is 82.1 Å². The number of allylic oxidation sites excluding steroid dienone is 2. The third-order valence-corrected chi connectivity index (χ3v) is 4.79. The van der Waals surface area contributed by atoms with Crippen LogP contribution in [-0.4, -0.2) is 38.2 Å². The molecule has 29 heavy (non-hydrogen) atoms. The Morgan fingerprint density at radius 1 is 0.931 bits per heavy atom. The molecule has 1 aromatic rings. The molecule has 0 atom stereocenters. The van der Waals surface area contributed by atoms with E-state index >= 15 is 0 Å². The number of hydrogen-bond acceptors (Lipinski definition) is 7. The predicted molar refractivity (Wildman–Crippen MR) is 108 cm³/mol. The molecule has 8 heteroatoms. The Labute approximate surface area is 174 Å². The van der Waals surface area contributed by atoms with Crippen LogP contribution in [0.2, 0.25) is 5.02 Å². The predicted octanol–water partition coefficient (Wildman–Crippen LogP) is 3.62. The maximum atomic E-state index is 12.8. The number of esters is 3. The normalized spacial score (nSPS) is 14.8. The minimum absolute atomic E-state index is 0.0299. The number of carbonyl (C=O) groups excluding carboxylic acids is 3. The molecule has 0 fully saturated rings. The van der Waals surface area contributed by atoms with Gasteiger partial charge in [0.1, 0.15) is 5.92 Å². The molecule has 0 unspecified atom stereocenters. The molecule has 1 aliphatic rings. The van der Waals surface area contributed by atoms with Gasteiger partial charge in [-0.3, -0.25) is 4.79 Å². The van der Waals surface area contributed by atoms with E-state index < -0.39 is 23.8 Å². The lowest BCUT2D eigenvalue weighted by atomic mass is 9.84. The Bertz CT molecular complexity index is 830. The number of methoxy groups -OCH3 is 1. The van der Waals surface area contributed by atoms with E-state index in [2.05, 4.69) is 0 Å². The van der Waals surface area contributed by atoms with Crippen LogP contribution >= 0.6 is 11.6 Å². The summed E-state index contributed by atoms with van der Waals surface area (Å²) < 4.78 is 15.3. The van der Waals surface area contributed by atoms with Gasteiger partial charge in [-0.1, -0.05) is 11.6 Å². The van der Waals surface area contributed by atoms with Crippen LogP contribution in [0.4, 0.5) is 5.69 Å². The molecule has 0 aliphatic carbocycles. The van der Waals surface area contributed by atoms with E-state index in [1.165, 1.54) is 7.11 Å². The van der Waals surface area contributed by atoms with Crippen molar-refractivity contribution in [1.82, 2.24) is 0 Å². The Morgan fingerprint density at radius 3 is 1.76 bits per heavy atom. The molecule has 0 spiro atoms. The first-order chi connectivity index (χ1) is 13.8. The minimum Gasteiger partial charge on any atom is -0.468 e. The van der Waals surface area contributed by atoms with E-state index in [1.54, 1.807) is 56.9 Å². The van der Waals surface area contributed by atoms with Crippen LogP contribution in [0, 0.1) is 5.92 Å². The van der Waals surface area contributed by atoms with Gasteiger partial charge in [-0.15, -0.1) is 0 Å². The summed E-state index contributed by atoms with van der Waals surface area (Å²) in [7, 11) is 1.20. The molecule has 0 N–H and O–H groups in total. The van der Waals surface area contributed by atoms with E-state index in [-0.39, 0.29) is 24.4 Å². The van der Waals surface area contributed by atoms with Crippen LogP contribution in [0.1, 0.15) is 27.7 Å². The molecule has 1 heterocycles. The zero-order valence-corrected chi connectivity index (χ0v) is 17.8. The van der Waals surface area contributed by atoms with Crippen molar-refractivity contribution in [2.45, 2.75) is 27.7 Å². The van der Waals surface area contributed by atoms with Crippen LogP contribution in [-0.2, 0) is 28.6 Å². The van der Waals surface area contributed by atoms with Crippen molar-refractivity contribution in [3.8, 4) is 0 Å². The summed E-state index contributed by atoms with van der Waals surface area (Å²) in [6.45, 7) is 6.91. The van der Waals surface area contributed by atoms with Crippen LogP contribution in [0.25, 0.3) is 0 Å². The Balaban J connectivity index is 2.78. The van der Waals surface area contributed by atoms with Gasteiger partial charge in [-0.25, -0.2) is 9.59 Å². The largest absolute Gasteiger partial charge is 0.468 e. The second kappa shape index (κ2) is 9.60. The molecule has 2 rings (SSSR count). The van der Waals surface area contributed by atoms with Crippen molar-refractivity contribution < 1.29 is 28.6 Å². The quantitative estimate of drug-likeness (QED) is 0.512. The zero-order chi connectivity index (χ0) is 21.7. The van der Waals surface area contributed by atoms with Gasteiger partial charge in [0.2, 0.25) is 0 Å².